The monoisotopic (exact) mass is 630 g/mol. The molecule has 0 unspecified atom stereocenters. The molecule has 0 spiro atoms. The zero-order chi connectivity index (χ0) is 32.3. The lowest BCUT2D eigenvalue weighted by molar-refractivity contribution is 0.103. The number of phenolic OH excluding ortho intramolecular Hbond substituents is 2. The molecule has 3 N–H and O–H groups in total. The summed E-state index contributed by atoms with van der Waals surface area (Å²) in [6.07, 6.45) is 0. The Morgan fingerprint density at radius 1 is 0.478 bits per heavy atom. The topological polar surface area (TPSA) is 130 Å². The van der Waals surface area contributed by atoms with Crippen LogP contribution in [0, 0.1) is 0 Å². The van der Waals surface area contributed by atoms with Crippen LogP contribution in [0.4, 0.5) is 0 Å². The van der Waals surface area contributed by atoms with E-state index >= 15 is 0 Å². The minimum Gasteiger partial charge on any atom is -0.508 e. The van der Waals surface area contributed by atoms with Crippen molar-refractivity contribution in [3.8, 4) is 56.8 Å². The van der Waals surface area contributed by atoms with E-state index in [4.69, 9.17) is 9.47 Å². The van der Waals surface area contributed by atoms with E-state index in [1.807, 2.05) is 36.4 Å². The molecule has 0 atom stereocenters. The first kappa shape index (κ1) is 30.1. The molecule has 0 aliphatic heterocycles. The normalized spacial score (nSPS) is 11.2. The van der Waals surface area contributed by atoms with E-state index in [-0.39, 0.29) is 28.4 Å². The highest BCUT2D eigenvalue weighted by Gasteiger charge is 2.21. The quantitative estimate of drug-likeness (QED) is 0.107. The number of hydrogen-bond donors (Lipinski definition) is 3. The number of rotatable bonds is 9. The van der Waals surface area contributed by atoms with Gasteiger partial charge in [-0.15, -0.1) is 0 Å². The van der Waals surface area contributed by atoms with Gasteiger partial charge in [0.25, 0.3) is 10.1 Å². The molecule has 46 heavy (non-hydrogen) atoms. The Kier molecular flexibility index (Phi) is 8.26. The molecule has 0 fully saturated rings. The predicted molar refractivity (Wildman–Crippen MR) is 173 cm³/mol. The van der Waals surface area contributed by atoms with Gasteiger partial charge < -0.3 is 19.7 Å². The summed E-state index contributed by atoms with van der Waals surface area (Å²) in [6.45, 7) is 0. The summed E-state index contributed by atoms with van der Waals surface area (Å²) >= 11 is 0. The van der Waals surface area contributed by atoms with Gasteiger partial charge in [-0.25, -0.2) is 0 Å². The fourth-order valence-electron chi connectivity index (χ4n) is 4.78. The molecule has 6 aromatic carbocycles. The van der Waals surface area contributed by atoms with Gasteiger partial charge in [-0.1, -0.05) is 48.5 Å². The summed E-state index contributed by atoms with van der Waals surface area (Å²) in [7, 11) is -4.74. The molecule has 6 rings (SSSR count). The molecule has 0 amide bonds. The van der Waals surface area contributed by atoms with Gasteiger partial charge in [-0.05, 0) is 113 Å². The molecule has 0 aromatic heterocycles. The van der Waals surface area contributed by atoms with E-state index in [2.05, 4.69) is 0 Å². The second-order valence-corrected chi connectivity index (χ2v) is 11.7. The number of hydrogen-bond acceptors (Lipinski definition) is 7. The molecule has 9 heteroatoms. The van der Waals surface area contributed by atoms with Crippen molar-refractivity contribution < 1.29 is 37.5 Å². The van der Waals surface area contributed by atoms with Gasteiger partial charge in [0, 0.05) is 11.1 Å². The zero-order valence-electron chi connectivity index (χ0n) is 24.1. The van der Waals surface area contributed by atoms with E-state index in [0.29, 0.717) is 17.2 Å². The first-order valence-corrected chi connectivity index (χ1v) is 15.5. The van der Waals surface area contributed by atoms with E-state index in [1.54, 1.807) is 84.9 Å². The lowest BCUT2D eigenvalue weighted by Gasteiger charge is -2.12. The van der Waals surface area contributed by atoms with Crippen LogP contribution in [0.5, 0.6) is 34.5 Å². The van der Waals surface area contributed by atoms with Gasteiger partial charge in [0.15, 0.2) is 5.78 Å². The summed E-state index contributed by atoms with van der Waals surface area (Å²) in [5, 5.41) is 19.0. The van der Waals surface area contributed by atoms with Crippen LogP contribution in [-0.4, -0.2) is 29.0 Å². The highest BCUT2D eigenvalue weighted by Crippen LogP contribution is 2.33. The fraction of sp³-hybridized carbons (Fsp3) is 0. The maximum Gasteiger partial charge on any atom is 0.298 e. The summed E-state index contributed by atoms with van der Waals surface area (Å²) in [5.74, 6) is 1.15. The van der Waals surface area contributed by atoms with Crippen LogP contribution >= 0.6 is 0 Å². The van der Waals surface area contributed by atoms with Crippen LogP contribution in [0.3, 0.4) is 0 Å². The summed E-state index contributed by atoms with van der Waals surface area (Å²) in [4.78, 5) is 12.7. The molecule has 6 aromatic rings. The van der Waals surface area contributed by atoms with Crippen LogP contribution in [0.15, 0.2) is 144 Å². The van der Waals surface area contributed by atoms with Crippen LogP contribution in [0.25, 0.3) is 22.3 Å². The first-order valence-electron chi connectivity index (χ1n) is 14.0. The van der Waals surface area contributed by atoms with Gasteiger partial charge >= 0.3 is 0 Å². The lowest BCUT2D eigenvalue weighted by atomic mass is 10.0. The molecule has 0 radical (unpaired) electrons. The smallest absolute Gasteiger partial charge is 0.298 e. The number of ether oxygens (including phenoxy) is 2. The average molecular weight is 631 g/mol. The van der Waals surface area contributed by atoms with Crippen LogP contribution in [0.1, 0.15) is 15.9 Å². The maximum atomic E-state index is 13.3. The third-order valence-electron chi connectivity index (χ3n) is 7.17. The number of ketones is 1. The molecule has 0 bridgehead atoms. The first-order chi connectivity index (χ1) is 22.1. The van der Waals surface area contributed by atoms with Crippen molar-refractivity contribution in [1.82, 2.24) is 0 Å². The van der Waals surface area contributed by atoms with Crippen molar-refractivity contribution in [1.29, 1.82) is 0 Å². The van der Waals surface area contributed by atoms with Crippen LogP contribution in [-0.2, 0) is 10.1 Å². The van der Waals surface area contributed by atoms with Crippen molar-refractivity contribution in [3.05, 3.63) is 151 Å². The molecule has 0 aliphatic rings. The van der Waals surface area contributed by atoms with Gasteiger partial charge in [0.2, 0.25) is 0 Å². The van der Waals surface area contributed by atoms with E-state index < -0.39 is 20.8 Å². The van der Waals surface area contributed by atoms with E-state index in [9.17, 15) is 28.0 Å². The third kappa shape index (κ3) is 6.91. The lowest BCUT2D eigenvalue weighted by Crippen LogP contribution is -2.06. The van der Waals surface area contributed by atoms with Crippen molar-refractivity contribution in [2.75, 3.05) is 0 Å². The molecule has 0 heterocycles. The zero-order valence-corrected chi connectivity index (χ0v) is 24.9. The number of benzene rings is 6. The maximum absolute atomic E-state index is 13.3. The summed E-state index contributed by atoms with van der Waals surface area (Å²) in [6, 6.07) is 38.0. The minimum absolute atomic E-state index is 0.0427. The molecular formula is C37H26O8S. The molecule has 0 saturated carbocycles. The highest BCUT2D eigenvalue weighted by molar-refractivity contribution is 7.86. The largest absolute Gasteiger partial charge is 0.508 e. The average Bonchev–Trinajstić information content (AvgIpc) is 3.06. The number of carbonyl (C=O) groups is 1. The Morgan fingerprint density at radius 3 is 1.28 bits per heavy atom. The molecule has 0 saturated heterocycles. The number of carbonyl (C=O) groups excluding carboxylic acids is 1. The minimum atomic E-state index is -4.74. The highest BCUT2D eigenvalue weighted by atomic mass is 32.2. The van der Waals surface area contributed by atoms with Crippen LogP contribution in [0.2, 0.25) is 0 Å². The molecule has 228 valence electrons. The Hall–Kier alpha value is -5.90. The Labute approximate surface area is 265 Å². The molecular weight excluding hydrogens is 604 g/mol. The van der Waals surface area contributed by atoms with E-state index in [0.717, 1.165) is 28.3 Å². The fourth-order valence-corrected chi connectivity index (χ4v) is 5.42. The van der Waals surface area contributed by atoms with Gasteiger partial charge in [-0.3, -0.25) is 9.35 Å². The summed E-state index contributed by atoms with van der Waals surface area (Å²) < 4.78 is 46.2. The van der Waals surface area contributed by atoms with Crippen molar-refractivity contribution >= 4 is 15.9 Å². The van der Waals surface area contributed by atoms with Gasteiger partial charge in [0.1, 0.15) is 39.4 Å². The summed E-state index contributed by atoms with van der Waals surface area (Å²) in [5.41, 5.74) is 3.95. The van der Waals surface area contributed by atoms with E-state index in [1.165, 1.54) is 12.1 Å². The predicted octanol–water partition coefficient (Wildman–Crippen LogP) is 8.49. The SMILES string of the molecule is O=C(c1ccc(Oc2ccc(-c3ccc(O)cc3)cc2)cc1)c1ccc(Oc2ccc(-c3ccc(O)cc3)cc2)c(S(=O)(=O)O)c1. The Bertz CT molecular complexity index is 2100. The molecule has 0 aliphatic carbocycles. The molecule has 8 nitrogen and oxygen atoms in total. The third-order valence-corrected chi connectivity index (χ3v) is 8.05. The standard InChI is InChI=1S/C37H26O8S/c38-30-12-1-24(2-13-30)26-5-16-32(17-6-26)44-33-20-9-28(10-21-33)37(40)29-11-22-35(36(23-29)46(41,42)43)45-34-18-7-27(8-19-34)25-3-14-31(39)15-4-25/h1-23,38-39H,(H,41,42,43). The van der Waals surface area contributed by atoms with Gasteiger partial charge in [0.05, 0.1) is 0 Å². The number of aromatic hydroxyl groups is 2. The second kappa shape index (κ2) is 12.6. The number of phenols is 2. The van der Waals surface area contributed by atoms with Crippen LogP contribution < -0.4 is 9.47 Å². The van der Waals surface area contributed by atoms with Crippen molar-refractivity contribution in [2.45, 2.75) is 4.90 Å². The Morgan fingerprint density at radius 2 is 0.848 bits per heavy atom. The van der Waals surface area contributed by atoms with Gasteiger partial charge in [-0.2, -0.15) is 8.42 Å². The second-order valence-electron chi connectivity index (χ2n) is 10.3. The van der Waals surface area contributed by atoms with Crippen molar-refractivity contribution in [3.63, 3.8) is 0 Å². The Balaban J connectivity index is 1.16. The van der Waals surface area contributed by atoms with Crippen molar-refractivity contribution in [2.24, 2.45) is 0 Å².